The van der Waals surface area contributed by atoms with Gasteiger partial charge in [-0.15, -0.1) is 5.10 Å². The number of hydrogen-bond donors (Lipinski definition) is 1. The molecule has 0 unspecified atom stereocenters. The number of aromatic nitrogens is 3. The molecule has 0 aliphatic carbocycles. The summed E-state index contributed by atoms with van der Waals surface area (Å²) < 4.78 is 14.6. The summed E-state index contributed by atoms with van der Waals surface area (Å²) in [6, 6.07) is 18.0. The van der Waals surface area contributed by atoms with E-state index < -0.39 is 11.7 Å². The van der Waals surface area contributed by atoms with Crippen LogP contribution in [0.2, 0.25) is 10.0 Å². The minimum atomic E-state index is -0.526. The third-order valence-electron chi connectivity index (χ3n) is 4.40. The molecule has 0 saturated carbocycles. The van der Waals surface area contributed by atoms with Gasteiger partial charge in [0, 0.05) is 21.3 Å². The van der Waals surface area contributed by atoms with Gasteiger partial charge in [-0.1, -0.05) is 41.4 Å². The second-order valence-electron chi connectivity index (χ2n) is 6.58. The van der Waals surface area contributed by atoms with E-state index in [2.05, 4.69) is 15.4 Å². The fourth-order valence-corrected chi connectivity index (χ4v) is 3.20. The van der Waals surface area contributed by atoms with E-state index in [1.807, 2.05) is 25.1 Å². The summed E-state index contributed by atoms with van der Waals surface area (Å²) in [6.07, 6.45) is 0. The number of rotatable bonds is 4. The zero-order chi connectivity index (χ0) is 21.3. The third-order valence-corrected chi connectivity index (χ3v) is 5.04. The van der Waals surface area contributed by atoms with Gasteiger partial charge in [0.2, 0.25) is 5.82 Å². The second-order valence-corrected chi connectivity index (χ2v) is 7.42. The standard InChI is InChI=1S/C22H15Cl2FN4O/c1-13-5-10-18(12-19(13)24)29-21(14-3-2-4-15(23)11-14)27-20(28-29)22(30)26-17-8-6-16(25)7-9-17/h2-12H,1H3,(H,26,30). The van der Waals surface area contributed by atoms with Gasteiger partial charge in [0.15, 0.2) is 5.82 Å². The fourth-order valence-electron chi connectivity index (χ4n) is 2.84. The minimum Gasteiger partial charge on any atom is -0.319 e. The molecule has 8 heteroatoms. The predicted octanol–water partition coefficient (Wildman–Crippen LogP) is 5.94. The summed E-state index contributed by atoms with van der Waals surface area (Å²) >= 11 is 12.4. The summed E-state index contributed by atoms with van der Waals surface area (Å²) in [5.74, 6) is -0.538. The number of nitrogens with zero attached hydrogens (tertiary/aromatic N) is 3. The zero-order valence-electron chi connectivity index (χ0n) is 15.7. The van der Waals surface area contributed by atoms with E-state index in [0.717, 1.165) is 5.56 Å². The van der Waals surface area contributed by atoms with Crippen LogP contribution in [0.5, 0.6) is 0 Å². The Morgan fingerprint density at radius 3 is 2.50 bits per heavy atom. The molecule has 3 aromatic carbocycles. The summed E-state index contributed by atoms with van der Waals surface area (Å²) in [4.78, 5) is 17.1. The van der Waals surface area contributed by atoms with Crippen molar-refractivity contribution in [3.63, 3.8) is 0 Å². The average Bonchev–Trinajstić information content (AvgIpc) is 3.17. The van der Waals surface area contributed by atoms with Gasteiger partial charge in [-0.05, 0) is 61.0 Å². The number of benzene rings is 3. The highest BCUT2D eigenvalue weighted by atomic mass is 35.5. The molecule has 30 heavy (non-hydrogen) atoms. The molecule has 0 aliphatic heterocycles. The van der Waals surface area contributed by atoms with Crippen molar-refractivity contribution in [3.05, 3.63) is 94.0 Å². The van der Waals surface area contributed by atoms with Crippen LogP contribution >= 0.6 is 23.2 Å². The molecule has 0 radical (unpaired) electrons. The highest BCUT2D eigenvalue weighted by molar-refractivity contribution is 6.31. The van der Waals surface area contributed by atoms with Gasteiger partial charge >= 0.3 is 0 Å². The molecule has 0 fully saturated rings. The van der Waals surface area contributed by atoms with Gasteiger partial charge in [-0.3, -0.25) is 4.79 Å². The van der Waals surface area contributed by atoms with Crippen LogP contribution in [0, 0.1) is 12.7 Å². The van der Waals surface area contributed by atoms with E-state index in [1.54, 1.807) is 24.3 Å². The summed E-state index contributed by atoms with van der Waals surface area (Å²) in [5, 5.41) is 8.15. The molecule has 4 rings (SSSR count). The molecule has 0 bridgehead atoms. The van der Waals surface area contributed by atoms with Gasteiger partial charge in [0.05, 0.1) is 5.69 Å². The van der Waals surface area contributed by atoms with Crippen LogP contribution in [-0.4, -0.2) is 20.7 Å². The Balaban J connectivity index is 1.77. The number of nitrogens with one attached hydrogen (secondary N) is 1. The highest BCUT2D eigenvalue weighted by Gasteiger charge is 2.19. The minimum absolute atomic E-state index is 0.0500. The predicted molar refractivity (Wildman–Crippen MR) is 116 cm³/mol. The first-order chi connectivity index (χ1) is 14.4. The molecule has 150 valence electrons. The second kappa shape index (κ2) is 8.26. The van der Waals surface area contributed by atoms with E-state index in [-0.39, 0.29) is 5.82 Å². The van der Waals surface area contributed by atoms with Crippen LogP contribution in [0.25, 0.3) is 17.1 Å². The smallest absolute Gasteiger partial charge is 0.295 e. The molecule has 4 aromatic rings. The van der Waals surface area contributed by atoms with Crippen molar-refractivity contribution in [2.24, 2.45) is 0 Å². The Hall–Kier alpha value is -3.22. The van der Waals surface area contributed by atoms with Crippen LogP contribution in [0.3, 0.4) is 0 Å². The zero-order valence-corrected chi connectivity index (χ0v) is 17.2. The topological polar surface area (TPSA) is 59.8 Å². The number of hydrogen-bond acceptors (Lipinski definition) is 3. The summed E-state index contributed by atoms with van der Waals surface area (Å²) in [6.45, 7) is 1.90. The van der Waals surface area contributed by atoms with Crippen molar-refractivity contribution in [1.82, 2.24) is 14.8 Å². The number of anilines is 1. The average molecular weight is 441 g/mol. The van der Waals surface area contributed by atoms with Crippen molar-refractivity contribution in [3.8, 4) is 17.1 Å². The van der Waals surface area contributed by atoms with Crippen molar-refractivity contribution in [1.29, 1.82) is 0 Å². The van der Waals surface area contributed by atoms with E-state index in [4.69, 9.17) is 23.2 Å². The molecule has 0 atom stereocenters. The molecule has 0 aliphatic rings. The fraction of sp³-hybridized carbons (Fsp3) is 0.0455. The lowest BCUT2D eigenvalue weighted by Gasteiger charge is -2.08. The van der Waals surface area contributed by atoms with E-state index >= 15 is 0 Å². The number of aryl methyl sites for hydroxylation is 1. The van der Waals surface area contributed by atoms with Crippen molar-refractivity contribution in [2.75, 3.05) is 5.32 Å². The van der Waals surface area contributed by atoms with Crippen molar-refractivity contribution in [2.45, 2.75) is 6.92 Å². The molecular weight excluding hydrogens is 426 g/mol. The Morgan fingerprint density at radius 1 is 1.03 bits per heavy atom. The van der Waals surface area contributed by atoms with Crippen LogP contribution in [-0.2, 0) is 0 Å². The molecule has 1 N–H and O–H groups in total. The Kier molecular flexibility index (Phi) is 5.53. The Bertz CT molecular complexity index is 1240. The van der Waals surface area contributed by atoms with Crippen LogP contribution in [0.15, 0.2) is 66.7 Å². The first kappa shape index (κ1) is 20.1. The van der Waals surface area contributed by atoms with Gasteiger partial charge in [0.25, 0.3) is 5.91 Å². The first-order valence-corrected chi connectivity index (χ1v) is 9.73. The lowest BCUT2D eigenvalue weighted by Crippen LogP contribution is -2.14. The Labute approximate surface area is 182 Å². The highest BCUT2D eigenvalue weighted by Crippen LogP contribution is 2.26. The Morgan fingerprint density at radius 2 is 1.80 bits per heavy atom. The maximum absolute atomic E-state index is 13.1. The molecular formula is C22H15Cl2FN4O. The van der Waals surface area contributed by atoms with Crippen LogP contribution < -0.4 is 5.32 Å². The van der Waals surface area contributed by atoms with E-state index in [0.29, 0.717) is 32.8 Å². The molecule has 1 heterocycles. The maximum atomic E-state index is 13.1. The number of amides is 1. The molecule has 1 aromatic heterocycles. The van der Waals surface area contributed by atoms with Gasteiger partial charge in [-0.2, -0.15) is 0 Å². The van der Waals surface area contributed by atoms with Crippen molar-refractivity contribution < 1.29 is 9.18 Å². The number of carbonyl (C=O) groups excluding carboxylic acids is 1. The van der Waals surface area contributed by atoms with E-state index in [1.165, 1.54) is 28.9 Å². The molecule has 1 amide bonds. The van der Waals surface area contributed by atoms with Crippen LogP contribution in [0.1, 0.15) is 16.2 Å². The monoisotopic (exact) mass is 440 g/mol. The van der Waals surface area contributed by atoms with E-state index in [9.17, 15) is 9.18 Å². The van der Waals surface area contributed by atoms with Crippen molar-refractivity contribution >= 4 is 34.8 Å². The maximum Gasteiger partial charge on any atom is 0.295 e. The number of carbonyl (C=O) groups is 1. The largest absolute Gasteiger partial charge is 0.319 e. The third kappa shape index (κ3) is 4.20. The normalized spacial score (nSPS) is 10.8. The lowest BCUT2D eigenvalue weighted by atomic mass is 10.2. The summed E-state index contributed by atoms with van der Waals surface area (Å²) in [5.41, 5.74) is 2.68. The number of halogens is 3. The quantitative estimate of drug-likeness (QED) is 0.426. The van der Waals surface area contributed by atoms with Gasteiger partial charge in [0.1, 0.15) is 5.82 Å². The summed E-state index contributed by atoms with van der Waals surface area (Å²) in [7, 11) is 0. The van der Waals surface area contributed by atoms with Gasteiger partial charge < -0.3 is 5.32 Å². The van der Waals surface area contributed by atoms with Gasteiger partial charge in [-0.25, -0.2) is 14.1 Å². The molecule has 5 nitrogen and oxygen atoms in total. The molecule has 0 spiro atoms. The molecule has 0 saturated heterocycles. The SMILES string of the molecule is Cc1ccc(-n2nc(C(=O)Nc3ccc(F)cc3)nc2-c2cccc(Cl)c2)cc1Cl. The first-order valence-electron chi connectivity index (χ1n) is 8.97. The van der Waals surface area contributed by atoms with Crippen LogP contribution in [0.4, 0.5) is 10.1 Å². The lowest BCUT2D eigenvalue weighted by molar-refractivity contribution is 0.101.